The number of H-pyrrole nitrogens is 1. The number of aliphatic hydroxyl groups is 1. The molecule has 1 aromatic heterocycles. The van der Waals surface area contributed by atoms with E-state index in [0.29, 0.717) is 25.7 Å². The van der Waals surface area contributed by atoms with Crippen LogP contribution in [-0.4, -0.2) is 69.3 Å². The number of aromatic amines is 1. The first-order valence-electron chi connectivity index (χ1n) is 16.6. The first kappa shape index (κ1) is 32.4. The van der Waals surface area contributed by atoms with Crippen LogP contribution in [0.2, 0.25) is 0 Å². The Labute approximate surface area is 271 Å². The molecule has 3 fully saturated rings. The summed E-state index contributed by atoms with van der Waals surface area (Å²) in [4.78, 5) is 54.1. The van der Waals surface area contributed by atoms with E-state index in [1.165, 1.54) is 12.3 Å². The summed E-state index contributed by atoms with van der Waals surface area (Å²) < 4.78 is 0. The van der Waals surface area contributed by atoms with Crippen molar-refractivity contribution in [1.82, 2.24) is 20.4 Å². The summed E-state index contributed by atoms with van der Waals surface area (Å²) in [5.74, 6) is -2.18. The van der Waals surface area contributed by atoms with Crippen LogP contribution in [0.5, 0.6) is 0 Å². The standard InChI is InChI=1S/C36H47N5O5/c1-31-12-13-32(2,21-41(6)28(44)20-38-30(45)25-9-16-39-40-25)24(19-37)29(31)36(46)27(43)18-26-33(3)10-8-23(42)17-22(33)7-11-34(26,4)35(36,5)15-14-31/h8-10,16,18,22,24,29,46H,7,11-15,17,20-21H2,1-6H3,(H,38,45)(H,39,40). The molecular weight excluding hydrogens is 582 g/mol. The molecule has 0 radical (unpaired) electrons. The van der Waals surface area contributed by atoms with Crippen LogP contribution < -0.4 is 5.32 Å². The van der Waals surface area contributed by atoms with Crippen LogP contribution in [0.1, 0.15) is 90.1 Å². The molecule has 1 aromatic rings. The number of aromatic nitrogens is 2. The predicted molar refractivity (Wildman–Crippen MR) is 170 cm³/mol. The molecule has 5 aliphatic carbocycles. The quantitative estimate of drug-likeness (QED) is 0.442. The molecule has 3 saturated carbocycles. The second kappa shape index (κ2) is 10.5. The van der Waals surface area contributed by atoms with Crippen molar-refractivity contribution in [1.29, 1.82) is 5.26 Å². The molecule has 6 rings (SSSR count). The Morgan fingerprint density at radius 2 is 1.85 bits per heavy atom. The first-order valence-corrected chi connectivity index (χ1v) is 16.6. The Hall–Kier alpha value is -3.58. The smallest absolute Gasteiger partial charge is 0.269 e. The van der Waals surface area contributed by atoms with Crippen LogP contribution in [0.15, 0.2) is 36.1 Å². The number of ketones is 2. The zero-order valence-electron chi connectivity index (χ0n) is 27.9. The molecule has 1 heterocycles. The minimum absolute atomic E-state index is 0.114. The monoisotopic (exact) mass is 629 g/mol. The van der Waals surface area contributed by atoms with Crippen LogP contribution in [0.25, 0.3) is 0 Å². The van der Waals surface area contributed by atoms with Crippen molar-refractivity contribution in [3.63, 3.8) is 0 Å². The Morgan fingerprint density at radius 1 is 1.13 bits per heavy atom. The lowest BCUT2D eigenvalue weighted by molar-refractivity contribution is -0.252. The second-order valence-corrected chi connectivity index (χ2v) is 16.2. The van der Waals surface area contributed by atoms with Crippen LogP contribution in [0, 0.1) is 56.2 Å². The molecule has 0 spiro atoms. The Morgan fingerprint density at radius 3 is 2.52 bits per heavy atom. The van der Waals surface area contributed by atoms with Crippen LogP contribution >= 0.6 is 0 Å². The van der Waals surface area contributed by atoms with E-state index in [9.17, 15) is 29.5 Å². The number of allylic oxidation sites excluding steroid dienone is 3. The highest BCUT2D eigenvalue weighted by Gasteiger charge is 2.76. The maximum absolute atomic E-state index is 14.6. The van der Waals surface area contributed by atoms with Crippen molar-refractivity contribution in [3.8, 4) is 6.07 Å². The van der Waals surface area contributed by atoms with Crippen molar-refractivity contribution >= 4 is 23.4 Å². The highest BCUT2D eigenvalue weighted by molar-refractivity contribution is 6.01. The van der Waals surface area contributed by atoms with Gasteiger partial charge in [0, 0.05) is 48.4 Å². The van der Waals surface area contributed by atoms with Gasteiger partial charge in [-0.25, -0.2) is 0 Å². The van der Waals surface area contributed by atoms with E-state index in [-0.39, 0.29) is 42.2 Å². The fourth-order valence-electron chi connectivity index (χ4n) is 10.7. The summed E-state index contributed by atoms with van der Waals surface area (Å²) in [7, 11) is 1.67. The third-order valence-corrected chi connectivity index (χ3v) is 13.8. The van der Waals surface area contributed by atoms with Gasteiger partial charge in [0.15, 0.2) is 11.6 Å². The molecule has 9 atom stereocenters. The third kappa shape index (κ3) is 4.26. The van der Waals surface area contributed by atoms with E-state index < -0.39 is 50.4 Å². The largest absolute Gasteiger partial charge is 0.381 e. The van der Waals surface area contributed by atoms with Crippen molar-refractivity contribution in [2.75, 3.05) is 20.1 Å². The molecule has 3 N–H and O–H groups in total. The average molecular weight is 630 g/mol. The lowest BCUT2D eigenvalue weighted by Crippen LogP contribution is -2.75. The number of rotatable bonds is 5. The summed E-state index contributed by atoms with van der Waals surface area (Å²) in [5.41, 5.74) is -3.45. The van der Waals surface area contributed by atoms with Gasteiger partial charge in [0.2, 0.25) is 5.91 Å². The van der Waals surface area contributed by atoms with Gasteiger partial charge in [0.25, 0.3) is 5.91 Å². The summed E-state index contributed by atoms with van der Waals surface area (Å²) in [6.07, 6.45) is 11.7. The minimum Gasteiger partial charge on any atom is -0.381 e. The molecule has 246 valence electrons. The fraction of sp³-hybridized carbons (Fsp3) is 0.667. The number of fused-ring (bicyclic) bond motifs is 7. The van der Waals surface area contributed by atoms with Crippen molar-refractivity contribution in [3.05, 3.63) is 41.8 Å². The number of carbonyl (C=O) groups excluding carboxylic acids is 4. The third-order valence-electron chi connectivity index (χ3n) is 13.8. The summed E-state index contributed by atoms with van der Waals surface area (Å²) in [5, 5.41) is 33.0. The van der Waals surface area contributed by atoms with Crippen molar-refractivity contribution in [2.24, 2.45) is 44.8 Å². The number of nitrogens with zero attached hydrogens (tertiary/aromatic N) is 3. The van der Waals surface area contributed by atoms with Gasteiger partial charge in [-0.3, -0.25) is 24.3 Å². The SMILES string of the molecule is CN(CC1(C)CCC2(C)CCC3(C)C4(C)CCC5CC(=O)C=CC5(C)C4=CC(=O)C3(O)C2C1C#N)C(=O)CNC(=O)c1ccn[nH]1. The van der Waals surface area contributed by atoms with E-state index in [0.717, 1.165) is 24.8 Å². The topological polar surface area (TPSA) is 156 Å². The molecule has 10 heteroatoms. The van der Waals surface area contributed by atoms with Crippen LogP contribution in [-0.2, 0) is 14.4 Å². The molecule has 0 aromatic carbocycles. The number of hydrogen-bond acceptors (Lipinski definition) is 7. The summed E-state index contributed by atoms with van der Waals surface area (Å²) in [6, 6.07) is 4.09. The lowest BCUT2D eigenvalue weighted by Gasteiger charge is -2.71. The number of amides is 2. The minimum atomic E-state index is -1.78. The first-order chi connectivity index (χ1) is 21.5. The van der Waals surface area contributed by atoms with Gasteiger partial charge in [-0.2, -0.15) is 10.4 Å². The summed E-state index contributed by atoms with van der Waals surface area (Å²) >= 11 is 0. The van der Waals surface area contributed by atoms with Gasteiger partial charge >= 0.3 is 0 Å². The van der Waals surface area contributed by atoms with Gasteiger partial charge in [0.05, 0.1) is 18.5 Å². The normalized spacial score (nSPS) is 42.8. The zero-order valence-corrected chi connectivity index (χ0v) is 27.9. The van der Waals surface area contributed by atoms with Gasteiger partial charge in [-0.1, -0.05) is 40.7 Å². The highest BCUT2D eigenvalue weighted by atomic mass is 16.3. The molecule has 10 nitrogen and oxygen atoms in total. The van der Waals surface area contributed by atoms with Gasteiger partial charge in [-0.05, 0) is 79.1 Å². The maximum Gasteiger partial charge on any atom is 0.269 e. The molecular formula is C36H47N5O5. The Kier molecular flexibility index (Phi) is 7.36. The van der Waals surface area contributed by atoms with E-state index >= 15 is 0 Å². The van der Waals surface area contributed by atoms with E-state index in [1.807, 2.05) is 13.0 Å². The number of carbonyl (C=O) groups is 4. The molecule has 46 heavy (non-hydrogen) atoms. The number of hydrogen-bond donors (Lipinski definition) is 3. The van der Waals surface area contributed by atoms with Crippen molar-refractivity contribution < 1.29 is 24.3 Å². The Balaban J connectivity index is 1.34. The molecule has 0 saturated heterocycles. The van der Waals surface area contributed by atoms with E-state index in [4.69, 9.17) is 0 Å². The van der Waals surface area contributed by atoms with Gasteiger partial charge in [-0.15, -0.1) is 0 Å². The summed E-state index contributed by atoms with van der Waals surface area (Å²) in [6.45, 7) is 10.5. The second-order valence-electron chi connectivity index (χ2n) is 16.2. The molecule has 0 bridgehead atoms. The molecule has 5 aliphatic rings. The number of likely N-dealkylation sites (N-methyl/N-ethyl adjacent to an activating group) is 1. The molecule has 2 amide bonds. The number of nitriles is 1. The van der Waals surface area contributed by atoms with Crippen LogP contribution in [0.3, 0.4) is 0 Å². The number of nitrogens with one attached hydrogen (secondary N) is 2. The molecule has 9 unspecified atom stereocenters. The van der Waals surface area contributed by atoms with Crippen molar-refractivity contribution in [2.45, 2.75) is 85.2 Å². The maximum atomic E-state index is 14.6. The fourth-order valence-corrected chi connectivity index (χ4v) is 10.7. The molecule has 0 aliphatic heterocycles. The van der Waals surface area contributed by atoms with E-state index in [2.05, 4.69) is 49.3 Å². The lowest BCUT2D eigenvalue weighted by atomic mass is 9.32. The van der Waals surface area contributed by atoms with E-state index in [1.54, 1.807) is 24.1 Å². The van der Waals surface area contributed by atoms with Gasteiger partial charge in [0.1, 0.15) is 11.3 Å². The van der Waals surface area contributed by atoms with Crippen LogP contribution in [0.4, 0.5) is 0 Å². The highest BCUT2D eigenvalue weighted by Crippen LogP contribution is 2.75. The average Bonchev–Trinajstić information content (AvgIpc) is 3.56. The Bertz CT molecular complexity index is 1590. The predicted octanol–water partition coefficient (Wildman–Crippen LogP) is 4.15. The van der Waals surface area contributed by atoms with Gasteiger partial charge < -0.3 is 15.3 Å². The zero-order chi connectivity index (χ0) is 33.5.